The third-order valence-electron chi connectivity index (χ3n) is 4.87. The predicted molar refractivity (Wildman–Crippen MR) is 121 cm³/mol. The molecule has 1 unspecified atom stereocenters. The highest BCUT2D eigenvalue weighted by atomic mass is 16.5. The van der Waals surface area contributed by atoms with Crippen LogP contribution < -0.4 is 10.6 Å². The minimum atomic E-state index is 0.400. The highest BCUT2D eigenvalue weighted by Crippen LogP contribution is 2.12. The average molecular weight is 391 g/mol. The molecule has 160 valence electrons. The summed E-state index contributed by atoms with van der Waals surface area (Å²) in [4.78, 5) is 7.29. The molecule has 0 aliphatic heterocycles. The summed E-state index contributed by atoms with van der Waals surface area (Å²) in [5.74, 6) is 0.891. The Morgan fingerprint density at radius 3 is 2.46 bits per heavy atom. The molecular weight excluding hydrogens is 348 g/mol. The SMILES string of the molecule is CCCOCc1ccccc1CN=C(NCC)NC(C)CCCN(CC)CC. The van der Waals surface area contributed by atoms with Gasteiger partial charge in [-0.25, -0.2) is 4.99 Å². The minimum absolute atomic E-state index is 0.400. The molecule has 0 saturated heterocycles. The Labute approximate surface area is 173 Å². The van der Waals surface area contributed by atoms with Crippen LogP contribution >= 0.6 is 0 Å². The zero-order valence-electron chi connectivity index (χ0n) is 18.8. The zero-order chi connectivity index (χ0) is 20.6. The quantitative estimate of drug-likeness (QED) is 0.284. The first-order valence-electron chi connectivity index (χ1n) is 11.1. The van der Waals surface area contributed by atoms with Gasteiger partial charge in [-0.2, -0.15) is 0 Å². The normalized spacial score (nSPS) is 13.0. The average Bonchev–Trinajstić information content (AvgIpc) is 2.70. The summed E-state index contributed by atoms with van der Waals surface area (Å²) in [5, 5.41) is 6.93. The summed E-state index contributed by atoms with van der Waals surface area (Å²) in [7, 11) is 0. The van der Waals surface area contributed by atoms with Crippen molar-refractivity contribution < 1.29 is 4.74 Å². The first kappa shape index (κ1) is 24.4. The molecule has 0 aromatic heterocycles. The van der Waals surface area contributed by atoms with Gasteiger partial charge in [-0.15, -0.1) is 0 Å². The van der Waals surface area contributed by atoms with Gasteiger partial charge in [0, 0.05) is 19.2 Å². The lowest BCUT2D eigenvalue weighted by Gasteiger charge is -2.21. The van der Waals surface area contributed by atoms with Gasteiger partial charge in [-0.1, -0.05) is 45.0 Å². The van der Waals surface area contributed by atoms with E-state index in [1.54, 1.807) is 0 Å². The van der Waals surface area contributed by atoms with E-state index in [0.29, 0.717) is 19.2 Å². The smallest absolute Gasteiger partial charge is 0.191 e. The zero-order valence-corrected chi connectivity index (χ0v) is 18.8. The number of rotatable bonds is 14. The van der Waals surface area contributed by atoms with Crippen LogP contribution in [0.25, 0.3) is 0 Å². The molecule has 1 aromatic carbocycles. The van der Waals surface area contributed by atoms with Crippen LogP contribution in [-0.4, -0.2) is 49.7 Å². The van der Waals surface area contributed by atoms with Gasteiger partial charge >= 0.3 is 0 Å². The lowest BCUT2D eigenvalue weighted by molar-refractivity contribution is 0.121. The molecule has 1 atom stereocenters. The summed E-state index contributed by atoms with van der Waals surface area (Å²) >= 11 is 0. The van der Waals surface area contributed by atoms with Crippen LogP contribution in [0.4, 0.5) is 0 Å². The molecule has 2 N–H and O–H groups in total. The Bertz CT molecular complexity index is 543. The molecule has 0 aliphatic rings. The Kier molecular flexibility index (Phi) is 13.4. The largest absolute Gasteiger partial charge is 0.377 e. The molecule has 0 radical (unpaired) electrons. The van der Waals surface area contributed by atoms with E-state index in [1.807, 2.05) is 0 Å². The lowest BCUT2D eigenvalue weighted by atomic mass is 10.1. The molecule has 0 bridgehead atoms. The van der Waals surface area contributed by atoms with E-state index in [2.05, 4.69) is 74.4 Å². The molecule has 28 heavy (non-hydrogen) atoms. The first-order chi connectivity index (χ1) is 13.6. The second-order valence-electron chi connectivity index (χ2n) is 7.23. The highest BCUT2D eigenvalue weighted by Gasteiger charge is 2.07. The van der Waals surface area contributed by atoms with Crippen LogP contribution in [0.1, 0.15) is 65.0 Å². The number of guanidine groups is 1. The van der Waals surface area contributed by atoms with Crippen molar-refractivity contribution in [2.24, 2.45) is 4.99 Å². The van der Waals surface area contributed by atoms with Gasteiger partial charge in [-0.3, -0.25) is 0 Å². The first-order valence-corrected chi connectivity index (χ1v) is 11.1. The van der Waals surface area contributed by atoms with Crippen molar-refractivity contribution in [3.8, 4) is 0 Å². The van der Waals surface area contributed by atoms with Gasteiger partial charge in [0.25, 0.3) is 0 Å². The Morgan fingerprint density at radius 2 is 1.82 bits per heavy atom. The number of benzene rings is 1. The maximum absolute atomic E-state index is 5.73. The fraction of sp³-hybridized carbons (Fsp3) is 0.696. The molecular formula is C23H42N4O. The summed E-state index contributed by atoms with van der Waals surface area (Å²) in [6, 6.07) is 8.82. The second-order valence-corrected chi connectivity index (χ2v) is 7.23. The Morgan fingerprint density at radius 1 is 1.11 bits per heavy atom. The number of aliphatic imine (C=N–C) groups is 1. The standard InChI is InChI=1S/C23H42N4O/c1-6-17-28-19-22-15-11-10-14-21(22)18-25-23(24-7-2)26-20(5)13-12-16-27(8-3)9-4/h10-11,14-15,20H,6-9,12-13,16-19H2,1-5H3,(H2,24,25,26). The molecule has 1 rings (SSSR count). The van der Waals surface area contributed by atoms with E-state index >= 15 is 0 Å². The summed E-state index contributed by atoms with van der Waals surface area (Å²) in [6.45, 7) is 17.3. The minimum Gasteiger partial charge on any atom is -0.377 e. The van der Waals surface area contributed by atoms with Gasteiger partial charge < -0.3 is 20.3 Å². The number of hydrogen-bond donors (Lipinski definition) is 2. The van der Waals surface area contributed by atoms with E-state index in [1.165, 1.54) is 17.5 Å². The topological polar surface area (TPSA) is 48.9 Å². The second kappa shape index (κ2) is 15.3. The van der Waals surface area contributed by atoms with Crippen molar-refractivity contribution in [3.63, 3.8) is 0 Å². The van der Waals surface area contributed by atoms with E-state index in [9.17, 15) is 0 Å². The maximum atomic E-state index is 5.73. The molecule has 5 heteroatoms. The van der Waals surface area contributed by atoms with Gasteiger partial charge in [0.05, 0.1) is 13.2 Å². The van der Waals surface area contributed by atoms with E-state index in [0.717, 1.165) is 51.6 Å². The maximum Gasteiger partial charge on any atom is 0.191 e. The van der Waals surface area contributed by atoms with E-state index in [4.69, 9.17) is 9.73 Å². The van der Waals surface area contributed by atoms with Gasteiger partial charge in [0.1, 0.15) is 0 Å². The summed E-state index contributed by atoms with van der Waals surface area (Å²) in [6.07, 6.45) is 3.39. The monoisotopic (exact) mass is 390 g/mol. The molecule has 0 aliphatic carbocycles. The molecule has 0 saturated carbocycles. The fourth-order valence-corrected chi connectivity index (χ4v) is 3.13. The van der Waals surface area contributed by atoms with Crippen molar-refractivity contribution in [3.05, 3.63) is 35.4 Å². The molecule has 5 nitrogen and oxygen atoms in total. The molecule has 1 aromatic rings. The van der Waals surface area contributed by atoms with Crippen molar-refractivity contribution in [1.82, 2.24) is 15.5 Å². The predicted octanol–water partition coefficient (Wildman–Crippen LogP) is 4.18. The van der Waals surface area contributed by atoms with Crippen LogP contribution in [-0.2, 0) is 17.9 Å². The number of nitrogens with zero attached hydrogens (tertiary/aromatic N) is 2. The van der Waals surface area contributed by atoms with Crippen molar-refractivity contribution in [2.75, 3.05) is 32.8 Å². The summed E-state index contributed by atoms with van der Waals surface area (Å²) in [5.41, 5.74) is 2.45. The van der Waals surface area contributed by atoms with Crippen LogP contribution in [0.15, 0.2) is 29.3 Å². The molecule has 0 fully saturated rings. The van der Waals surface area contributed by atoms with Crippen LogP contribution in [0.5, 0.6) is 0 Å². The fourth-order valence-electron chi connectivity index (χ4n) is 3.13. The number of ether oxygens (including phenoxy) is 1. The number of nitrogens with one attached hydrogen (secondary N) is 2. The third-order valence-corrected chi connectivity index (χ3v) is 4.87. The molecule has 0 heterocycles. The highest BCUT2D eigenvalue weighted by molar-refractivity contribution is 5.80. The van der Waals surface area contributed by atoms with Crippen LogP contribution in [0.2, 0.25) is 0 Å². The van der Waals surface area contributed by atoms with Gasteiger partial charge in [-0.05, 0) is 63.9 Å². The number of hydrogen-bond acceptors (Lipinski definition) is 3. The Hall–Kier alpha value is -1.59. The van der Waals surface area contributed by atoms with Crippen LogP contribution in [0.3, 0.4) is 0 Å². The van der Waals surface area contributed by atoms with Gasteiger partial charge in [0.2, 0.25) is 0 Å². The van der Waals surface area contributed by atoms with E-state index < -0.39 is 0 Å². The third kappa shape index (κ3) is 10.1. The lowest BCUT2D eigenvalue weighted by Crippen LogP contribution is -2.42. The van der Waals surface area contributed by atoms with Crippen molar-refractivity contribution in [1.29, 1.82) is 0 Å². The molecule has 0 amide bonds. The van der Waals surface area contributed by atoms with Crippen molar-refractivity contribution >= 4 is 5.96 Å². The summed E-state index contributed by atoms with van der Waals surface area (Å²) < 4.78 is 5.73. The van der Waals surface area contributed by atoms with Gasteiger partial charge in [0.15, 0.2) is 5.96 Å². The van der Waals surface area contributed by atoms with Crippen LogP contribution in [0, 0.1) is 0 Å². The Balaban J connectivity index is 2.59. The van der Waals surface area contributed by atoms with Crippen molar-refractivity contribution in [2.45, 2.75) is 73.1 Å². The van der Waals surface area contributed by atoms with E-state index in [-0.39, 0.29) is 0 Å². The molecule has 0 spiro atoms.